The number of methoxy groups -OCH3 is 1. The van der Waals surface area contributed by atoms with Crippen molar-refractivity contribution >= 4 is 16.9 Å². The van der Waals surface area contributed by atoms with E-state index in [9.17, 15) is 9.90 Å². The number of rotatable bonds is 7. The molecular weight excluding hydrogens is 430 g/mol. The van der Waals surface area contributed by atoms with E-state index in [0.29, 0.717) is 5.56 Å². The maximum absolute atomic E-state index is 11.4. The lowest BCUT2D eigenvalue weighted by molar-refractivity contribution is 0.0619. The van der Waals surface area contributed by atoms with E-state index in [2.05, 4.69) is 43.8 Å². The van der Waals surface area contributed by atoms with E-state index in [1.54, 1.807) is 25.4 Å². The number of benzene rings is 2. The van der Waals surface area contributed by atoms with Gasteiger partial charge < -0.3 is 19.8 Å². The van der Waals surface area contributed by atoms with Crippen molar-refractivity contribution in [2.75, 3.05) is 26.7 Å². The summed E-state index contributed by atoms with van der Waals surface area (Å²) in [6.07, 6.45) is 5.60. The Morgan fingerprint density at radius 1 is 1.15 bits per heavy atom. The molecule has 0 spiro atoms. The van der Waals surface area contributed by atoms with E-state index in [0.717, 1.165) is 66.5 Å². The first-order valence-corrected chi connectivity index (χ1v) is 11.4. The van der Waals surface area contributed by atoms with Crippen molar-refractivity contribution in [3.05, 3.63) is 83.1 Å². The van der Waals surface area contributed by atoms with Gasteiger partial charge in [-0.3, -0.25) is 9.80 Å². The van der Waals surface area contributed by atoms with Gasteiger partial charge in [0.15, 0.2) is 0 Å². The minimum absolute atomic E-state index is 0.103. The SMILES string of the molecule is COc1cc(C)c2[nH]ccc2c1CN1CCN(Cc2ncc[nH]2)CC1c1ccc(C(=O)O)cc1. The number of hydrogen-bond donors (Lipinski definition) is 3. The molecule has 1 atom stereocenters. The monoisotopic (exact) mass is 459 g/mol. The molecule has 1 aliphatic heterocycles. The van der Waals surface area contributed by atoms with Crippen LogP contribution in [-0.4, -0.2) is 62.6 Å². The molecule has 0 saturated carbocycles. The second-order valence-electron chi connectivity index (χ2n) is 8.83. The van der Waals surface area contributed by atoms with E-state index in [4.69, 9.17) is 4.74 Å². The van der Waals surface area contributed by atoms with Crippen molar-refractivity contribution in [2.45, 2.75) is 26.1 Å². The molecule has 2 aromatic heterocycles. The summed E-state index contributed by atoms with van der Waals surface area (Å²) in [4.78, 5) is 27.2. The van der Waals surface area contributed by atoms with Crippen LogP contribution in [0.5, 0.6) is 5.75 Å². The zero-order valence-electron chi connectivity index (χ0n) is 19.4. The molecule has 2 aromatic carbocycles. The number of aromatic carboxylic acids is 1. The zero-order valence-corrected chi connectivity index (χ0v) is 19.4. The van der Waals surface area contributed by atoms with Crippen molar-refractivity contribution in [1.29, 1.82) is 0 Å². The van der Waals surface area contributed by atoms with Gasteiger partial charge in [-0.05, 0) is 42.3 Å². The van der Waals surface area contributed by atoms with E-state index in [-0.39, 0.29) is 6.04 Å². The van der Waals surface area contributed by atoms with Crippen molar-refractivity contribution in [1.82, 2.24) is 24.8 Å². The highest BCUT2D eigenvalue weighted by Gasteiger charge is 2.30. The van der Waals surface area contributed by atoms with Crippen LogP contribution < -0.4 is 4.74 Å². The number of piperazine rings is 1. The van der Waals surface area contributed by atoms with E-state index in [1.165, 1.54) is 5.39 Å². The van der Waals surface area contributed by atoms with Gasteiger partial charge in [0.05, 0.1) is 19.2 Å². The molecule has 1 saturated heterocycles. The summed E-state index contributed by atoms with van der Waals surface area (Å²) in [5.41, 5.74) is 4.86. The van der Waals surface area contributed by atoms with Crippen LogP contribution in [0.15, 0.2) is 55.0 Å². The first-order valence-electron chi connectivity index (χ1n) is 11.4. The van der Waals surface area contributed by atoms with Gasteiger partial charge in [-0.25, -0.2) is 9.78 Å². The molecule has 176 valence electrons. The number of ether oxygens (including phenoxy) is 1. The lowest BCUT2D eigenvalue weighted by Crippen LogP contribution is -2.47. The second-order valence-corrected chi connectivity index (χ2v) is 8.83. The number of aromatic amines is 2. The maximum atomic E-state index is 11.4. The van der Waals surface area contributed by atoms with Crippen LogP contribution in [0.25, 0.3) is 10.9 Å². The minimum Gasteiger partial charge on any atom is -0.496 e. The Bertz CT molecular complexity index is 1280. The predicted molar refractivity (Wildman–Crippen MR) is 130 cm³/mol. The summed E-state index contributed by atoms with van der Waals surface area (Å²) in [5, 5.41) is 10.5. The Morgan fingerprint density at radius 3 is 2.68 bits per heavy atom. The van der Waals surface area contributed by atoms with Crippen molar-refractivity contribution in [3.8, 4) is 5.75 Å². The number of nitrogens with zero attached hydrogens (tertiary/aromatic N) is 3. The van der Waals surface area contributed by atoms with Gasteiger partial charge in [0, 0.05) is 67.3 Å². The highest BCUT2D eigenvalue weighted by Crippen LogP contribution is 2.35. The van der Waals surface area contributed by atoms with Gasteiger partial charge >= 0.3 is 5.97 Å². The third-order valence-electron chi connectivity index (χ3n) is 6.74. The molecule has 3 N–H and O–H groups in total. The fourth-order valence-electron chi connectivity index (χ4n) is 4.95. The highest BCUT2D eigenvalue weighted by molar-refractivity contribution is 5.88. The first kappa shape index (κ1) is 22.2. The number of fused-ring (bicyclic) bond motifs is 1. The molecule has 5 rings (SSSR count). The largest absolute Gasteiger partial charge is 0.496 e. The van der Waals surface area contributed by atoms with Gasteiger partial charge in [0.1, 0.15) is 11.6 Å². The standard InChI is InChI=1S/C26H29N5O3/c1-17-13-23(34-2)21(20-7-8-29-25(17)20)14-31-12-11-30(16-24-27-9-10-28-24)15-22(31)18-3-5-19(6-4-18)26(32)33/h3-10,13,22,29H,11-12,14-16H2,1-2H3,(H,27,28)(H,32,33). The van der Waals surface area contributed by atoms with Crippen LogP contribution in [0.2, 0.25) is 0 Å². The second kappa shape index (κ2) is 9.32. The number of aromatic nitrogens is 3. The predicted octanol–water partition coefficient (Wildman–Crippen LogP) is 3.97. The fraction of sp³-hybridized carbons (Fsp3) is 0.308. The number of H-pyrrole nitrogens is 2. The highest BCUT2D eigenvalue weighted by atomic mass is 16.5. The average Bonchev–Trinajstić information content (AvgIpc) is 3.54. The summed E-state index contributed by atoms with van der Waals surface area (Å²) in [6.45, 7) is 6.17. The Labute approximate surface area is 198 Å². The molecule has 0 amide bonds. The average molecular weight is 460 g/mol. The van der Waals surface area contributed by atoms with Gasteiger partial charge in [0.25, 0.3) is 0 Å². The minimum atomic E-state index is -0.911. The van der Waals surface area contributed by atoms with E-state index in [1.807, 2.05) is 24.5 Å². The molecule has 34 heavy (non-hydrogen) atoms. The Morgan fingerprint density at radius 2 is 1.97 bits per heavy atom. The number of carboxylic acids is 1. The van der Waals surface area contributed by atoms with Crippen molar-refractivity contribution < 1.29 is 14.6 Å². The lowest BCUT2D eigenvalue weighted by atomic mass is 9.98. The van der Waals surface area contributed by atoms with Gasteiger partial charge in [-0.2, -0.15) is 0 Å². The number of aryl methyl sites for hydroxylation is 1. The molecule has 0 radical (unpaired) electrons. The van der Waals surface area contributed by atoms with Gasteiger partial charge in [0.2, 0.25) is 0 Å². The van der Waals surface area contributed by atoms with Crippen LogP contribution in [0.4, 0.5) is 0 Å². The lowest BCUT2D eigenvalue weighted by Gasteiger charge is -2.42. The van der Waals surface area contributed by atoms with E-state index >= 15 is 0 Å². The molecule has 1 fully saturated rings. The van der Waals surface area contributed by atoms with Crippen LogP contribution in [0.1, 0.15) is 38.9 Å². The van der Waals surface area contributed by atoms with Crippen LogP contribution in [-0.2, 0) is 13.1 Å². The molecule has 1 aliphatic rings. The Hall–Kier alpha value is -3.62. The summed E-state index contributed by atoms with van der Waals surface area (Å²) < 4.78 is 5.79. The summed E-state index contributed by atoms with van der Waals surface area (Å²) in [5.74, 6) is 0.927. The summed E-state index contributed by atoms with van der Waals surface area (Å²) in [7, 11) is 1.72. The quantitative estimate of drug-likeness (QED) is 0.387. The molecule has 3 heterocycles. The smallest absolute Gasteiger partial charge is 0.335 e. The summed E-state index contributed by atoms with van der Waals surface area (Å²) >= 11 is 0. The fourth-order valence-corrected chi connectivity index (χ4v) is 4.95. The Balaban J connectivity index is 1.47. The normalized spacial score (nSPS) is 17.3. The maximum Gasteiger partial charge on any atom is 0.335 e. The Kier molecular flexibility index (Phi) is 6.08. The van der Waals surface area contributed by atoms with Gasteiger partial charge in [-0.15, -0.1) is 0 Å². The van der Waals surface area contributed by atoms with Crippen LogP contribution >= 0.6 is 0 Å². The molecule has 8 nitrogen and oxygen atoms in total. The number of imidazole rings is 1. The van der Waals surface area contributed by atoms with Gasteiger partial charge in [-0.1, -0.05) is 12.1 Å². The van der Waals surface area contributed by atoms with Crippen molar-refractivity contribution in [2.24, 2.45) is 0 Å². The number of nitrogens with one attached hydrogen (secondary N) is 2. The molecule has 1 unspecified atom stereocenters. The summed E-state index contributed by atoms with van der Waals surface area (Å²) in [6, 6.07) is 11.6. The third-order valence-corrected chi connectivity index (χ3v) is 6.74. The number of carboxylic acid groups (broad SMARTS) is 1. The number of hydrogen-bond acceptors (Lipinski definition) is 5. The molecule has 0 bridgehead atoms. The molecule has 4 aromatic rings. The number of carbonyl (C=O) groups is 1. The molecule has 0 aliphatic carbocycles. The third kappa shape index (κ3) is 4.30. The van der Waals surface area contributed by atoms with Crippen LogP contribution in [0, 0.1) is 6.92 Å². The van der Waals surface area contributed by atoms with Crippen LogP contribution in [0.3, 0.4) is 0 Å². The zero-order chi connectivity index (χ0) is 23.7. The molecular formula is C26H29N5O3. The topological polar surface area (TPSA) is 97.5 Å². The van der Waals surface area contributed by atoms with E-state index < -0.39 is 5.97 Å². The molecule has 8 heteroatoms. The first-order chi connectivity index (χ1) is 16.5. The van der Waals surface area contributed by atoms with Crippen molar-refractivity contribution in [3.63, 3.8) is 0 Å².